The summed E-state index contributed by atoms with van der Waals surface area (Å²) in [5, 5.41) is 4.10. The molecule has 0 saturated heterocycles. The zero-order valence-corrected chi connectivity index (χ0v) is 14.7. The summed E-state index contributed by atoms with van der Waals surface area (Å²) in [6, 6.07) is 0. The SMILES string of the molecule is CCn1cc(S(=O)(=O)N(CC2CCCCC2)c2cnccn2)cn1. The quantitative estimate of drug-likeness (QED) is 0.800. The van der Waals surface area contributed by atoms with Gasteiger partial charge in [-0.25, -0.2) is 17.7 Å². The van der Waals surface area contributed by atoms with Crippen LogP contribution in [-0.4, -0.2) is 34.7 Å². The van der Waals surface area contributed by atoms with Crippen molar-refractivity contribution in [2.45, 2.75) is 50.5 Å². The summed E-state index contributed by atoms with van der Waals surface area (Å²) in [4.78, 5) is 8.46. The van der Waals surface area contributed by atoms with E-state index in [0.29, 0.717) is 24.8 Å². The third-order valence-electron chi connectivity index (χ3n) is 4.48. The highest BCUT2D eigenvalue weighted by Crippen LogP contribution is 2.29. The van der Waals surface area contributed by atoms with Crippen LogP contribution in [-0.2, 0) is 16.6 Å². The van der Waals surface area contributed by atoms with E-state index in [0.717, 1.165) is 25.7 Å². The lowest BCUT2D eigenvalue weighted by molar-refractivity contribution is 0.366. The molecule has 130 valence electrons. The molecule has 2 aromatic heterocycles. The molecule has 0 spiro atoms. The van der Waals surface area contributed by atoms with E-state index in [9.17, 15) is 8.42 Å². The van der Waals surface area contributed by atoms with Gasteiger partial charge in [-0.05, 0) is 25.7 Å². The minimum Gasteiger partial charge on any atom is -0.272 e. The Morgan fingerprint density at radius 1 is 1.21 bits per heavy atom. The average molecular weight is 349 g/mol. The van der Waals surface area contributed by atoms with Crippen molar-refractivity contribution in [2.24, 2.45) is 5.92 Å². The Morgan fingerprint density at radius 2 is 2.00 bits per heavy atom. The van der Waals surface area contributed by atoms with Gasteiger partial charge in [0.15, 0.2) is 5.82 Å². The molecule has 0 bridgehead atoms. The van der Waals surface area contributed by atoms with Crippen LogP contribution in [0.15, 0.2) is 35.9 Å². The van der Waals surface area contributed by atoms with Gasteiger partial charge in [-0.15, -0.1) is 0 Å². The first kappa shape index (κ1) is 16.9. The van der Waals surface area contributed by atoms with Gasteiger partial charge in [0.2, 0.25) is 0 Å². The van der Waals surface area contributed by atoms with Gasteiger partial charge in [-0.1, -0.05) is 19.3 Å². The first-order valence-electron chi connectivity index (χ1n) is 8.42. The van der Waals surface area contributed by atoms with E-state index in [1.807, 2.05) is 6.92 Å². The van der Waals surface area contributed by atoms with Crippen LogP contribution in [0.25, 0.3) is 0 Å². The van der Waals surface area contributed by atoms with Crippen LogP contribution in [0.4, 0.5) is 5.82 Å². The smallest absolute Gasteiger partial charge is 0.268 e. The van der Waals surface area contributed by atoms with E-state index in [1.165, 1.54) is 29.3 Å². The van der Waals surface area contributed by atoms with Crippen LogP contribution in [0.1, 0.15) is 39.0 Å². The minimum absolute atomic E-state index is 0.200. The van der Waals surface area contributed by atoms with Crippen LogP contribution in [0.3, 0.4) is 0 Å². The molecule has 1 aliphatic rings. The van der Waals surface area contributed by atoms with Gasteiger partial charge < -0.3 is 0 Å². The van der Waals surface area contributed by atoms with Gasteiger partial charge in [0.1, 0.15) is 4.90 Å². The highest BCUT2D eigenvalue weighted by Gasteiger charge is 2.30. The maximum atomic E-state index is 13.1. The van der Waals surface area contributed by atoms with E-state index in [2.05, 4.69) is 15.1 Å². The fraction of sp³-hybridized carbons (Fsp3) is 0.562. The summed E-state index contributed by atoms with van der Waals surface area (Å²) in [6.07, 6.45) is 13.2. The molecule has 7 nitrogen and oxygen atoms in total. The monoisotopic (exact) mass is 349 g/mol. The molecule has 0 amide bonds. The van der Waals surface area contributed by atoms with Crippen LogP contribution in [0, 0.1) is 5.92 Å². The highest BCUT2D eigenvalue weighted by atomic mass is 32.2. The van der Waals surface area contributed by atoms with E-state index in [-0.39, 0.29) is 4.90 Å². The Hall–Kier alpha value is -1.96. The molecule has 0 aliphatic heterocycles. The average Bonchev–Trinajstić information content (AvgIpc) is 3.11. The summed E-state index contributed by atoms with van der Waals surface area (Å²) in [7, 11) is -3.70. The molecule has 0 N–H and O–H groups in total. The maximum absolute atomic E-state index is 13.1. The Labute approximate surface area is 142 Å². The zero-order valence-electron chi connectivity index (χ0n) is 13.9. The van der Waals surface area contributed by atoms with Gasteiger partial charge in [-0.2, -0.15) is 5.10 Å². The number of rotatable bonds is 6. The molecule has 0 radical (unpaired) electrons. The fourth-order valence-corrected chi connectivity index (χ4v) is 4.55. The Morgan fingerprint density at radius 3 is 2.62 bits per heavy atom. The van der Waals surface area contributed by atoms with Crippen LogP contribution >= 0.6 is 0 Å². The molecule has 1 aliphatic carbocycles. The summed E-state index contributed by atoms with van der Waals surface area (Å²) in [6.45, 7) is 2.99. The number of anilines is 1. The Balaban J connectivity index is 1.93. The van der Waals surface area contributed by atoms with Crippen LogP contribution < -0.4 is 4.31 Å². The van der Waals surface area contributed by atoms with Crippen molar-refractivity contribution >= 4 is 15.8 Å². The van der Waals surface area contributed by atoms with Crippen molar-refractivity contribution in [3.05, 3.63) is 31.0 Å². The normalized spacial score (nSPS) is 16.2. The topological polar surface area (TPSA) is 81.0 Å². The lowest BCUT2D eigenvalue weighted by Gasteiger charge is -2.29. The number of hydrogen-bond donors (Lipinski definition) is 0. The van der Waals surface area contributed by atoms with Crippen molar-refractivity contribution in [2.75, 3.05) is 10.8 Å². The first-order valence-corrected chi connectivity index (χ1v) is 9.86. The third kappa shape index (κ3) is 3.58. The van der Waals surface area contributed by atoms with Gasteiger partial charge in [0, 0.05) is 31.7 Å². The summed E-state index contributed by atoms with van der Waals surface area (Å²) in [5.41, 5.74) is 0. The lowest BCUT2D eigenvalue weighted by Crippen LogP contribution is -2.36. The lowest BCUT2D eigenvalue weighted by atomic mass is 9.89. The fourth-order valence-electron chi connectivity index (χ4n) is 3.12. The van der Waals surface area contributed by atoms with Crippen LogP contribution in [0.2, 0.25) is 0 Å². The zero-order chi connectivity index (χ0) is 17.0. The van der Waals surface area contributed by atoms with Crippen molar-refractivity contribution in [3.63, 3.8) is 0 Å². The van der Waals surface area contributed by atoms with Gasteiger partial charge in [-0.3, -0.25) is 9.67 Å². The predicted octanol–water partition coefficient (Wildman–Crippen LogP) is 2.47. The number of aromatic nitrogens is 4. The van der Waals surface area contributed by atoms with Gasteiger partial charge >= 0.3 is 0 Å². The van der Waals surface area contributed by atoms with Crippen molar-refractivity contribution in [3.8, 4) is 0 Å². The molecule has 0 unspecified atom stereocenters. The summed E-state index contributed by atoms with van der Waals surface area (Å²) >= 11 is 0. The second-order valence-electron chi connectivity index (χ2n) is 6.14. The molecule has 0 atom stereocenters. The molecule has 8 heteroatoms. The largest absolute Gasteiger partial charge is 0.272 e. The molecule has 3 rings (SSSR count). The molecule has 2 heterocycles. The number of aryl methyl sites for hydroxylation is 1. The molecular weight excluding hydrogens is 326 g/mol. The van der Waals surface area contributed by atoms with E-state index < -0.39 is 10.0 Å². The standard InChI is InChI=1S/C16H23N5O2S/c1-2-20-13-15(10-19-20)24(22,23)21(16-11-17-8-9-18-16)12-14-6-4-3-5-7-14/h8-11,13-14H,2-7,12H2,1H3. The van der Waals surface area contributed by atoms with Crippen molar-refractivity contribution in [1.29, 1.82) is 0 Å². The van der Waals surface area contributed by atoms with Crippen LogP contribution in [0.5, 0.6) is 0 Å². The predicted molar refractivity (Wildman–Crippen MR) is 91.0 cm³/mol. The van der Waals surface area contributed by atoms with Gasteiger partial charge in [0.25, 0.3) is 10.0 Å². The maximum Gasteiger partial charge on any atom is 0.268 e. The summed E-state index contributed by atoms with van der Waals surface area (Å²) in [5.74, 6) is 0.726. The number of nitrogens with zero attached hydrogens (tertiary/aromatic N) is 5. The van der Waals surface area contributed by atoms with E-state index in [1.54, 1.807) is 17.1 Å². The van der Waals surface area contributed by atoms with Crippen molar-refractivity contribution in [1.82, 2.24) is 19.7 Å². The molecule has 0 aromatic carbocycles. The Kier molecular flexibility index (Phi) is 5.13. The first-order chi connectivity index (χ1) is 11.6. The molecular formula is C16H23N5O2S. The number of hydrogen-bond acceptors (Lipinski definition) is 5. The van der Waals surface area contributed by atoms with E-state index in [4.69, 9.17) is 0 Å². The molecule has 1 saturated carbocycles. The van der Waals surface area contributed by atoms with E-state index >= 15 is 0 Å². The Bertz CT molecular complexity index is 754. The molecule has 1 fully saturated rings. The highest BCUT2D eigenvalue weighted by molar-refractivity contribution is 7.92. The number of sulfonamides is 1. The van der Waals surface area contributed by atoms with Gasteiger partial charge in [0.05, 0.1) is 12.4 Å². The second kappa shape index (κ2) is 7.29. The summed E-state index contributed by atoms with van der Waals surface area (Å²) < 4.78 is 29.3. The molecule has 2 aromatic rings. The molecule has 24 heavy (non-hydrogen) atoms. The van der Waals surface area contributed by atoms with Crippen molar-refractivity contribution < 1.29 is 8.42 Å². The second-order valence-corrected chi connectivity index (χ2v) is 8.00. The minimum atomic E-state index is -3.70. The third-order valence-corrected chi connectivity index (χ3v) is 6.20.